The Kier molecular flexibility index (Phi) is 3.50. The van der Waals surface area contributed by atoms with E-state index in [1.165, 1.54) is 17.4 Å². The van der Waals surface area contributed by atoms with Gasteiger partial charge in [0.15, 0.2) is 0 Å². The van der Waals surface area contributed by atoms with Crippen LogP contribution >= 0.6 is 11.3 Å². The summed E-state index contributed by atoms with van der Waals surface area (Å²) in [6, 6.07) is 4.99. The number of hydrogen-bond donors (Lipinski definition) is 1. The van der Waals surface area contributed by atoms with Gasteiger partial charge in [0.05, 0.1) is 4.88 Å². The van der Waals surface area contributed by atoms with Crippen LogP contribution in [0.1, 0.15) is 28.6 Å². The van der Waals surface area contributed by atoms with Gasteiger partial charge in [-0.15, -0.1) is 11.3 Å². The highest BCUT2D eigenvalue weighted by Crippen LogP contribution is 2.35. The summed E-state index contributed by atoms with van der Waals surface area (Å²) in [7, 11) is 0. The van der Waals surface area contributed by atoms with E-state index in [2.05, 4.69) is 6.92 Å². The van der Waals surface area contributed by atoms with E-state index in [4.69, 9.17) is 5.73 Å². The van der Waals surface area contributed by atoms with Gasteiger partial charge >= 0.3 is 0 Å². The highest BCUT2D eigenvalue weighted by atomic mass is 32.1. The molecule has 3 nitrogen and oxygen atoms in total. The monoisotopic (exact) mass is 306 g/mol. The molecule has 2 heterocycles. The molecule has 2 N–H and O–H groups in total. The molecule has 3 rings (SSSR count). The van der Waals surface area contributed by atoms with Crippen molar-refractivity contribution >= 4 is 27.3 Å². The first-order valence-corrected chi connectivity index (χ1v) is 7.94. The molecule has 112 valence electrons. The first-order valence-electron chi connectivity index (χ1n) is 7.12. The van der Waals surface area contributed by atoms with Crippen LogP contribution in [0, 0.1) is 18.2 Å². The van der Waals surface area contributed by atoms with E-state index >= 15 is 0 Å². The average molecular weight is 306 g/mol. The van der Waals surface area contributed by atoms with Crippen molar-refractivity contribution in [1.29, 1.82) is 0 Å². The van der Waals surface area contributed by atoms with Crippen LogP contribution in [0.4, 0.5) is 4.39 Å². The van der Waals surface area contributed by atoms with E-state index in [0.717, 1.165) is 23.2 Å². The zero-order chi connectivity index (χ0) is 15.2. The number of halogens is 1. The van der Waals surface area contributed by atoms with E-state index in [9.17, 15) is 9.18 Å². The normalized spacial score (nSPS) is 22.2. The fourth-order valence-electron chi connectivity index (χ4n) is 2.96. The van der Waals surface area contributed by atoms with Crippen LogP contribution in [0.25, 0.3) is 10.1 Å². The molecule has 1 atom stereocenters. The minimum atomic E-state index is -0.256. The van der Waals surface area contributed by atoms with E-state index in [1.807, 2.05) is 17.9 Å². The molecule has 1 saturated heterocycles. The number of hydrogen-bond acceptors (Lipinski definition) is 3. The zero-order valence-electron chi connectivity index (χ0n) is 12.3. The van der Waals surface area contributed by atoms with Crippen LogP contribution in [0.2, 0.25) is 0 Å². The van der Waals surface area contributed by atoms with Gasteiger partial charge in [0.1, 0.15) is 5.82 Å². The summed E-state index contributed by atoms with van der Waals surface area (Å²) in [4.78, 5) is 15.2. The van der Waals surface area contributed by atoms with Gasteiger partial charge < -0.3 is 10.6 Å². The first kappa shape index (κ1) is 14.5. The molecule has 1 fully saturated rings. The van der Waals surface area contributed by atoms with E-state index in [0.29, 0.717) is 23.4 Å². The number of fused-ring (bicyclic) bond motifs is 1. The molecular weight excluding hydrogens is 287 g/mol. The summed E-state index contributed by atoms with van der Waals surface area (Å²) < 4.78 is 14.8. The second kappa shape index (κ2) is 5.07. The largest absolute Gasteiger partial charge is 0.337 e. The van der Waals surface area contributed by atoms with Crippen molar-refractivity contribution in [3.05, 3.63) is 34.5 Å². The van der Waals surface area contributed by atoms with Crippen LogP contribution < -0.4 is 5.73 Å². The fourth-order valence-corrected chi connectivity index (χ4v) is 4.16. The molecule has 1 aliphatic heterocycles. The molecular formula is C16H19FN2OS. The minimum absolute atomic E-state index is 0.00488. The van der Waals surface area contributed by atoms with Crippen molar-refractivity contribution < 1.29 is 9.18 Å². The maximum Gasteiger partial charge on any atom is 0.264 e. The summed E-state index contributed by atoms with van der Waals surface area (Å²) in [5.41, 5.74) is 6.55. The number of carbonyl (C=O) groups excluding carboxylic acids is 1. The Labute approximate surface area is 127 Å². The third-order valence-electron chi connectivity index (χ3n) is 4.44. The van der Waals surface area contributed by atoms with Gasteiger partial charge in [0.2, 0.25) is 0 Å². The lowest BCUT2D eigenvalue weighted by molar-refractivity contribution is 0.0781. The Morgan fingerprint density at radius 2 is 2.29 bits per heavy atom. The van der Waals surface area contributed by atoms with E-state index in [1.54, 1.807) is 6.07 Å². The molecule has 0 aliphatic carbocycles. The quantitative estimate of drug-likeness (QED) is 0.926. The molecule has 0 spiro atoms. The first-order chi connectivity index (χ1) is 9.95. The third kappa shape index (κ3) is 2.34. The van der Waals surface area contributed by atoms with Gasteiger partial charge in [-0.2, -0.15) is 0 Å². The lowest BCUT2D eigenvalue weighted by atomic mass is 9.90. The summed E-state index contributed by atoms with van der Waals surface area (Å²) in [5, 5.41) is 0.576. The number of rotatable bonds is 2. The maximum absolute atomic E-state index is 13.9. The second-order valence-corrected chi connectivity index (χ2v) is 7.21. The molecule has 0 radical (unpaired) electrons. The SMILES string of the molecule is Cc1c(C(=O)N2CCC(C)(CN)C2)sc2cccc(F)c12. The number of carbonyl (C=O) groups is 1. The summed E-state index contributed by atoms with van der Waals surface area (Å²) in [5.74, 6) is -0.251. The molecule has 0 bridgehead atoms. The van der Waals surface area contributed by atoms with Gasteiger partial charge in [0.25, 0.3) is 5.91 Å². The Morgan fingerprint density at radius 3 is 2.90 bits per heavy atom. The zero-order valence-corrected chi connectivity index (χ0v) is 13.1. The van der Waals surface area contributed by atoms with Gasteiger partial charge in [-0.05, 0) is 43.0 Å². The molecule has 2 aromatic rings. The summed E-state index contributed by atoms with van der Waals surface area (Å²) in [6.07, 6.45) is 0.924. The predicted octanol–water partition coefficient (Wildman–Crippen LogP) is 3.16. The Balaban J connectivity index is 1.96. The fraction of sp³-hybridized carbons (Fsp3) is 0.438. The number of nitrogens with two attached hydrogens (primary N) is 1. The molecule has 1 unspecified atom stereocenters. The van der Waals surface area contributed by atoms with Gasteiger partial charge in [0, 0.05) is 23.2 Å². The number of nitrogens with zero attached hydrogens (tertiary/aromatic N) is 1. The van der Waals surface area contributed by atoms with Crippen LogP contribution in [-0.2, 0) is 0 Å². The molecule has 1 aromatic heterocycles. The van der Waals surface area contributed by atoms with Gasteiger partial charge in [-0.3, -0.25) is 4.79 Å². The number of aryl methyl sites for hydroxylation is 1. The molecule has 1 aromatic carbocycles. The van der Waals surface area contributed by atoms with Crippen molar-refractivity contribution in [2.75, 3.05) is 19.6 Å². The molecule has 21 heavy (non-hydrogen) atoms. The molecule has 0 saturated carbocycles. The summed E-state index contributed by atoms with van der Waals surface area (Å²) in [6.45, 7) is 5.92. The molecule has 5 heteroatoms. The summed E-state index contributed by atoms with van der Waals surface area (Å²) >= 11 is 1.38. The maximum atomic E-state index is 13.9. The number of benzene rings is 1. The van der Waals surface area contributed by atoms with E-state index in [-0.39, 0.29) is 17.1 Å². The number of likely N-dealkylation sites (tertiary alicyclic amines) is 1. The van der Waals surface area contributed by atoms with Crippen molar-refractivity contribution in [2.45, 2.75) is 20.3 Å². The van der Waals surface area contributed by atoms with Crippen LogP contribution in [0.3, 0.4) is 0 Å². The molecule has 1 aliphatic rings. The van der Waals surface area contributed by atoms with Crippen LogP contribution in [-0.4, -0.2) is 30.4 Å². The van der Waals surface area contributed by atoms with E-state index < -0.39 is 0 Å². The number of amides is 1. The lowest BCUT2D eigenvalue weighted by Gasteiger charge is -2.22. The standard InChI is InChI=1S/C16H19FN2OS/c1-10-13-11(17)4-3-5-12(13)21-14(10)15(20)19-7-6-16(2,8-18)9-19/h3-5H,6-9,18H2,1-2H3. The Bertz CT molecular complexity index is 712. The average Bonchev–Trinajstić information content (AvgIpc) is 3.01. The minimum Gasteiger partial charge on any atom is -0.337 e. The van der Waals surface area contributed by atoms with Gasteiger partial charge in [-0.1, -0.05) is 13.0 Å². The highest BCUT2D eigenvalue weighted by Gasteiger charge is 2.36. The lowest BCUT2D eigenvalue weighted by Crippen LogP contribution is -2.34. The topological polar surface area (TPSA) is 46.3 Å². The van der Waals surface area contributed by atoms with Crippen molar-refractivity contribution in [3.8, 4) is 0 Å². The van der Waals surface area contributed by atoms with Crippen LogP contribution in [0.5, 0.6) is 0 Å². The Morgan fingerprint density at radius 1 is 1.52 bits per heavy atom. The van der Waals surface area contributed by atoms with Crippen molar-refractivity contribution in [3.63, 3.8) is 0 Å². The predicted molar refractivity (Wildman–Crippen MR) is 84.2 cm³/mol. The second-order valence-electron chi connectivity index (χ2n) is 6.16. The third-order valence-corrected chi connectivity index (χ3v) is 5.68. The van der Waals surface area contributed by atoms with Crippen molar-refractivity contribution in [1.82, 2.24) is 4.90 Å². The Hall–Kier alpha value is -1.46. The molecule has 1 amide bonds. The number of thiophene rings is 1. The van der Waals surface area contributed by atoms with Gasteiger partial charge in [-0.25, -0.2) is 4.39 Å². The highest BCUT2D eigenvalue weighted by molar-refractivity contribution is 7.21. The smallest absolute Gasteiger partial charge is 0.264 e. The van der Waals surface area contributed by atoms with Crippen LogP contribution in [0.15, 0.2) is 18.2 Å². The van der Waals surface area contributed by atoms with Crippen molar-refractivity contribution in [2.24, 2.45) is 11.1 Å².